The molecule has 33 heavy (non-hydrogen) atoms. The number of carbonyl (C=O) groups is 1. The summed E-state index contributed by atoms with van der Waals surface area (Å²) in [7, 11) is 0. The molecule has 7 heteroatoms. The Labute approximate surface area is 200 Å². The van der Waals surface area contributed by atoms with Gasteiger partial charge < -0.3 is 5.32 Å². The van der Waals surface area contributed by atoms with Gasteiger partial charge in [-0.1, -0.05) is 78.0 Å². The van der Waals surface area contributed by atoms with Crippen LogP contribution in [0.25, 0.3) is 10.8 Å². The summed E-state index contributed by atoms with van der Waals surface area (Å²) in [6, 6.07) is 22.3. The maximum Gasteiger partial charge on any atom is 0.227 e. The fraction of sp³-hybridized carbons (Fsp3) is 0.192. The molecule has 2 aliphatic rings. The Bertz CT molecular complexity index is 1410. The number of benzene rings is 3. The van der Waals surface area contributed by atoms with Crippen LogP contribution in [0.2, 0.25) is 5.02 Å². The standard InChI is InChI=1S/C26H21ClN4OS/c27-20-12-10-18(11-13-20)24-23-21(6-3-7-22(23)32)28-25-29-26(30-31(24)25)33-15-16-8-9-17-4-1-2-5-19(17)14-16/h1-2,4-5,8-14,24H,3,6-7,15H2,(H,28,29,30)/t24-/m1/s1. The van der Waals surface area contributed by atoms with Gasteiger partial charge in [0.05, 0.1) is 0 Å². The van der Waals surface area contributed by atoms with Crippen molar-refractivity contribution in [3.8, 4) is 0 Å². The Kier molecular flexibility index (Phi) is 5.19. The Morgan fingerprint density at radius 1 is 1.03 bits per heavy atom. The van der Waals surface area contributed by atoms with Crippen molar-refractivity contribution in [2.75, 3.05) is 5.32 Å². The van der Waals surface area contributed by atoms with Gasteiger partial charge in [0.25, 0.3) is 0 Å². The van der Waals surface area contributed by atoms with Gasteiger partial charge in [-0.05, 0) is 46.9 Å². The average Bonchev–Trinajstić information content (AvgIpc) is 3.25. The van der Waals surface area contributed by atoms with Gasteiger partial charge in [-0.15, -0.1) is 5.10 Å². The van der Waals surface area contributed by atoms with Crippen LogP contribution in [0.3, 0.4) is 0 Å². The first-order valence-corrected chi connectivity index (χ1v) is 12.4. The molecule has 6 rings (SSSR count). The van der Waals surface area contributed by atoms with E-state index in [4.69, 9.17) is 21.7 Å². The van der Waals surface area contributed by atoms with Crippen molar-refractivity contribution in [2.24, 2.45) is 0 Å². The van der Waals surface area contributed by atoms with E-state index in [2.05, 4.69) is 47.8 Å². The first-order chi connectivity index (χ1) is 16.2. The lowest BCUT2D eigenvalue weighted by atomic mass is 9.85. The van der Waals surface area contributed by atoms with E-state index in [0.717, 1.165) is 35.4 Å². The zero-order valence-corrected chi connectivity index (χ0v) is 19.4. The number of allylic oxidation sites excluding steroid dienone is 2. The number of carbonyl (C=O) groups excluding carboxylic acids is 1. The molecular formula is C26H21ClN4OS. The molecule has 1 atom stereocenters. The molecule has 2 heterocycles. The van der Waals surface area contributed by atoms with Crippen molar-refractivity contribution >= 4 is 45.9 Å². The Morgan fingerprint density at radius 3 is 2.70 bits per heavy atom. The van der Waals surface area contributed by atoms with Gasteiger partial charge in [0.15, 0.2) is 5.78 Å². The predicted molar refractivity (Wildman–Crippen MR) is 133 cm³/mol. The second-order valence-corrected chi connectivity index (χ2v) is 9.76. The summed E-state index contributed by atoms with van der Waals surface area (Å²) in [6.07, 6.45) is 2.27. The topological polar surface area (TPSA) is 59.8 Å². The molecule has 164 valence electrons. The number of anilines is 1. The minimum Gasteiger partial charge on any atom is -0.328 e. The van der Waals surface area contributed by atoms with E-state index in [1.807, 2.05) is 28.9 Å². The summed E-state index contributed by atoms with van der Waals surface area (Å²) in [5.41, 5.74) is 3.98. The number of nitrogens with one attached hydrogen (secondary N) is 1. The highest BCUT2D eigenvalue weighted by Crippen LogP contribution is 2.41. The summed E-state index contributed by atoms with van der Waals surface area (Å²) >= 11 is 7.73. The predicted octanol–water partition coefficient (Wildman–Crippen LogP) is 6.40. The lowest BCUT2D eigenvalue weighted by Crippen LogP contribution is -2.31. The maximum absolute atomic E-state index is 12.9. The summed E-state index contributed by atoms with van der Waals surface area (Å²) in [5, 5.41) is 12.0. The highest BCUT2D eigenvalue weighted by molar-refractivity contribution is 7.98. The lowest BCUT2D eigenvalue weighted by Gasteiger charge is -2.32. The largest absolute Gasteiger partial charge is 0.328 e. The Hall–Kier alpha value is -3.09. The van der Waals surface area contributed by atoms with Crippen LogP contribution >= 0.6 is 23.4 Å². The van der Waals surface area contributed by atoms with Crippen LogP contribution in [-0.4, -0.2) is 20.5 Å². The normalized spacial score (nSPS) is 17.6. The number of ketones is 1. The molecular weight excluding hydrogens is 452 g/mol. The summed E-state index contributed by atoms with van der Waals surface area (Å²) < 4.78 is 1.86. The molecule has 3 aromatic carbocycles. The van der Waals surface area contributed by atoms with Gasteiger partial charge >= 0.3 is 0 Å². The van der Waals surface area contributed by atoms with E-state index in [1.165, 1.54) is 16.3 Å². The Balaban J connectivity index is 1.32. The Morgan fingerprint density at radius 2 is 1.85 bits per heavy atom. The third-order valence-corrected chi connectivity index (χ3v) is 7.38. The first-order valence-electron chi connectivity index (χ1n) is 11.0. The minimum absolute atomic E-state index is 0.176. The van der Waals surface area contributed by atoms with Crippen LogP contribution in [0.5, 0.6) is 0 Å². The third kappa shape index (κ3) is 3.83. The van der Waals surface area contributed by atoms with E-state index < -0.39 is 0 Å². The van der Waals surface area contributed by atoms with Crippen LogP contribution in [0, 0.1) is 0 Å². The number of rotatable bonds is 4. The zero-order chi connectivity index (χ0) is 22.4. The van der Waals surface area contributed by atoms with Crippen molar-refractivity contribution < 1.29 is 4.79 Å². The number of thioether (sulfide) groups is 1. The number of hydrogen-bond donors (Lipinski definition) is 1. The van der Waals surface area contributed by atoms with Gasteiger partial charge in [-0.2, -0.15) is 4.98 Å². The molecule has 4 aromatic rings. The molecule has 0 spiro atoms. The van der Waals surface area contributed by atoms with Crippen LogP contribution in [0.4, 0.5) is 5.95 Å². The first kappa shape index (κ1) is 20.5. The highest BCUT2D eigenvalue weighted by atomic mass is 35.5. The van der Waals surface area contributed by atoms with Crippen molar-refractivity contribution in [1.82, 2.24) is 14.8 Å². The number of nitrogens with zero attached hydrogens (tertiary/aromatic N) is 3. The summed E-state index contributed by atoms with van der Waals surface area (Å²) in [4.78, 5) is 17.7. The van der Waals surface area contributed by atoms with Gasteiger partial charge in [0, 0.05) is 28.5 Å². The number of aromatic nitrogens is 3. The van der Waals surface area contributed by atoms with E-state index in [0.29, 0.717) is 22.5 Å². The quantitative estimate of drug-likeness (QED) is 0.348. The molecule has 1 aromatic heterocycles. The average molecular weight is 473 g/mol. The van der Waals surface area contributed by atoms with Crippen molar-refractivity contribution in [2.45, 2.75) is 36.2 Å². The molecule has 0 radical (unpaired) electrons. The van der Waals surface area contributed by atoms with Gasteiger partial charge in [-0.25, -0.2) is 4.68 Å². The monoisotopic (exact) mass is 472 g/mol. The molecule has 0 saturated heterocycles. The number of halogens is 1. The van der Waals surface area contributed by atoms with E-state index >= 15 is 0 Å². The smallest absolute Gasteiger partial charge is 0.227 e. The molecule has 5 nitrogen and oxygen atoms in total. The summed E-state index contributed by atoms with van der Waals surface area (Å²) in [5.74, 6) is 1.63. The van der Waals surface area contributed by atoms with E-state index in [-0.39, 0.29) is 11.8 Å². The SMILES string of the molecule is O=C1CCCC2=C1[C@@H](c1ccc(Cl)cc1)n1nc(SCc3ccc4ccccc4c3)nc1N2. The molecule has 0 bridgehead atoms. The molecule has 0 amide bonds. The summed E-state index contributed by atoms with van der Waals surface area (Å²) in [6.45, 7) is 0. The molecule has 0 saturated carbocycles. The molecule has 0 fully saturated rings. The third-order valence-electron chi connectivity index (χ3n) is 6.22. The fourth-order valence-electron chi connectivity index (χ4n) is 4.63. The van der Waals surface area contributed by atoms with Crippen LogP contribution in [0.1, 0.15) is 36.4 Å². The highest BCUT2D eigenvalue weighted by Gasteiger charge is 2.36. The van der Waals surface area contributed by atoms with Crippen molar-refractivity contribution in [3.05, 3.63) is 94.1 Å². The zero-order valence-electron chi connectivity index (χ0n) is 17.8. The van der Waals surface area contributed by atoms with Crippen LogP contribution < -0.4 is 5.32 Å². The molecule has 0 unspecified atom stereocenters. The number of Topliss-reactive ketones (excluding diaryl/α,β-unsaturated/α-hetero) is 1. The van der Waals surface area contributed by atoms with Crippen LogP contribution in [0.15, 0.2) is 83.2 Å². The maximum atomic E-state index is 12.9. The molecule has 1 aliphatic carbocycles. The molecule has 1 aliphatic heterocycles. The van der Waals surface area contributed by atoms with E-state index in [1.54, 1.807) is 11.8 Å². The second-order valence-electron chi connectivity index (χ2n) is 8.38. The minimum atomic E-state index is -0.288. The van der Waals surface area contributed by atoms with Gasteiger partial charge in [0.1, 0.15) is 6.04 Å². The fourth-order valence-corrected chi connectivity index (χ4v) is 5.53. The van der Waals surface area contributed by atoms with E-state index in [9.17, 15) is 4.79 Å². The number of fused-ring (bicyclic) bond motifs is 2. The van der Waals surface area contributed by atoms with Crippen LogP contribution in [-0.2, 0) is 10.5 Å². The van der Waals surface area contributed by atoms with Crippen molar-refractivity contribution in [3.63, 3.8) is 0 Å². The van der Waals surface area contributed by atoms with Gasteiger partial charge in [-0.3, -0.25) is 4.79 Å². The van der Waals surface area contributed by atoms with Crippen molar-refractivity contribution in [1.29, 1.82) is 0 Å². The second kappa shape index (κ2) is 8.36. The lowest BCUT2D eigenvalue weighted by molar-refractivity contribution is -0.116. The number of hydrogen-bond acceptors (Lipinski definition) is 5. The molecule has 1 N–H and O–H groups in total. The van der Waals surface area contributed by atoms with Gasteiger partial charge in [0.2, 0.25) is 11.1 Å².